The Balaban J connectivity index is 1.99. The zero-order valence-electron chi connectivity index (χ0n) is 16.8. The van der Waals surface area contributed by atoms with Gasteiger partial charge in [-0.1, -0.05) is 12.1 Å². The maximum atomic E-state index is 12.5. The summed E-state index contributed by atoms with van der Waals surface area (Å²) in [4.78, 5) is 39.6. The number of nitrogens with one attached hydrogen (secondary N) is 1. The molecule has 28 heavy (non-hydrogen) atoms. The fourth-order valence-corrected chi connectivity index (χ4v) is 2.87. The average Bonchev–Trinajstić information content (AvgIpc) is 2.95. The Bertz CT molecular complexity index is 897. The number of hydrogen-bond acceptors (Lipinski definition) is 6. The molecule has 1 N–H and O–H groups in total. The fraction of sp³-hybridized carbons (Fsp3) is 0.381. The third kappa shape index (κ3) is 4.79. The zero-order chi connectivity index (χ0) is 20.8. The molecule has 0 saturated heterocycles. The van der Waals surface area contributed by atoms with Gasteiger partial charge in [-0.25, -0.2) is 9.59 Å². The van der Waals surface area contributed by atoms with Gasteiger partial charge in [0.05, 0.1) is 17.7 Å². The summed E-state index contributed by atoms with van der Waals surface area (Å²) in [5, 5.41) is 0. The minimum Gasteiger partial charge on any atom is -0.482 e. The first kappa shape index (κ1) is 21.2. The Labute approximate surface area is 164 Å². The van der Waals surface area contributed by atoms with Gasteiger partial charge in [-0.05, 0) is 51.8 Å². The van der Waals surface area contributed by atoms with Gasteiger partial charge in [-0.3, -0.25) is 4.79 Å². The summed E-state index contributed by atoms with van der Waals surface area (Å²) in [7, 11) is 0. The van der Waals surface area contributed by atoms with Crippen LogP contribution in [0, 0.1) is 27.7 Å². The topological polar surface area (TPSA) is 94.7 Å². The van der Waals surface area contributed by atoms with Crippen molar-refractivity contribution in [3.05, 3.63) is 51.8 Å². The number of aromatic amines is 1. The van der Waals surface area contributed by atoms with Crippen LogP contribution in [0.3, 0.4) is 0 Å². The highest BCUT2D eigenvalue weighted by Crippen LogP contribution is 2.21. The Kier molecular flexibility index (Phi) is 6.98. The lowest BCUT2D eigenvalue weighted by Crippen LogP contribution is -2.21. The Morgan fingerprint density at radius 1 is 0.929 bits per heavy atom. The maximum Gasteiger partial charge on any atom is 0.344 e. The van der Waals surface area contributed by atoms with E-state index in [9.17, 15) is 14.4 Å². The number of ketones is 1. The van der Waals surface area contributed by atoms with Crippen LogP contribution in [0.15, 0.2) is 18.2 Å². The van der Waals surface area contributed by atoms with E-state index in [0.29, 0.717) is 17.1 Å². The summed E-state index contributed by atoms with van der Waals surface area (Å²) in [6.45, 7) is 8.28. The first-order chi connectivity index (χ1) is 13.3. The van der Waals surface area contributed by atoms with E-state index in [-0.39, 0.29) is 24.3 Å². The Hall–Kier alpha value is -3.09. The molecule has 0 aliphatic carbocycles. The van der Waals surface area contributed by atoms with E-state index >= 15 is 0 Å². The maximum absolute atomic E-state index is 12.5. The molecule has 0 spiro atoms. The second-order valence-corrected chi connectivity index (χ2v) is 6.42. The van der Waals surface area contributed by atoms with Gasteiger partial charge in [0.15, 0.2) is 13.2 Å². The molecule has 7 heteroatoms. The molecular formula is C21H25NO6. The highest BCUT2D eigenvalue weighted by Gasteiger charge is 2.26. The number of ether oxygens (including phenoxy) is 3. The molecule has 0 amide bonds. The van der Waals surface area contributed by atoms with Gasteiger partial charge >= 0.3 is 11.9 Å². The van der Waals surface area contributed by atoms with E-state index in [0.717, 1.165) is 11.1 Å². The second-order valence-electron chi connectivity index (χ2n) is 6.42. The summed E-state index contributed by atoms with van der Waals surface area (Å²) >= 11 is 0. The minimum absolute atomic E-state index is 0.173. The fourth-order valence-electron chi connectivity index (χ4n) is 2.87. The molecule has 0 bridgehead atoms. The van der Waals surface area contributed by atoms with Crippen molar-refractivity contribution < 1.29 is 28.6 Å². The van der Waals surface area contributed by atoms with Crippen molar-refractivity contribution in [3.63, 3.8) is 0 Å². The largest absolute Gasteiger partial charge is 0.482 e. The number of aromatic nitrogens is 1. The van der Waals surface area contributed by atoms with Gasteiger partial charge in [-0.2, -0.15) is 0 Å². The molecule has 0 saturated carbocycles. The molecule has 1 aromatic carbocycles. The molecule has 0 radical (unpaired) electrons. The minimum atomic E-state index is -0.670. The number of H-pyrrole nitrogens is 1. The van der Waals surface area contributed by atoms with Crippen LogP contribution in [0.5, 0.6) is 5.75 Å². The van der Waals surface area contributed by atoms with Crippen molar-refractivity contribution in [3.8, 4) is 5.75 Å². The van der Waals surface area contributed by atoms with Crippen LogP contribution >= 0.6 is 0 Å². The number of esters is 2. The third-order valence-corrected chi connectivity index (χ3v) is 4.40. The summed E-state index contributed by atoms with van der Waals surface area (Å²) in [6.07, 6.45) is 0. The molecular weight excluding hydrogens is 362 g/mol. The van der Waals surface area contributed by atoms with Gasteiger partial charge in [-0.15, -0.1) is 0 Å². The highest BCUT2D eigenvalue weighted by molar-refractivity contribution is 6.09. The van der Waals surface area contributed by atoms with Crippen LogP contribution in [0.4, 0.5) is 0 Å². The van der Waals surface area contributed by atoms with E-state index in [2.05, 4.69) is 4.98 Å². The summed E-state index contributed by atoms with van der Waals surface area (Å²) < 4.78 is 15.5. The zero-order valence-corrected chi connectivity index (χ0v) is 16.8. The average molecular weight is 387 g/mol. The number of rotatable bonds is 8. The number of Topliss-reactive ketones (excluding diaryl/α,β-unsaturated/α-hetero) is 1. The lowest BCUT2D eigenvalue weighted by molar-refractivity contribution is -0.144. The first-order valence-corrected chi connectivity index (χ1v) is 9.00. The van der Waals surface area contributed by atoms with Gasteiger partial charge in [0, 0.05) is 11.4 Å². The molecule has 0 fully saturated rings. The standard InChI is InChI=1S/C21H25NO6/c1-6-26-21(25)20-15(5)22-14(4)19(20)16(23)10-28-18(24)11-27-17-9-7-8-12(2)13(17)3/h7-9,22H,6,10-11H2,1-5H3. The molecule has 150 valence electrons. The van der Waals surface area contributed by atoms with Crippen molar-refractivity contribution in [2.75, 3.05) is 19.8 Å². The van der Waals surface area contributed by atoms with Crippen molar-refractivity contribution in [1.82, 2.24) is 4.98 Å². The summed E-state index contributed by atoms with van der Waals surface area (Å²) in [6, 6.07) is 5.54. The molecule has 0 atom stereocenters. The monoisotopic (exact) mass is 387 g/mol. The van der Waals surface area contributed by atoms with Crippen molar-refractivity contribution in [2.24, 2.45) is 0 Å². The molecule has 2 aromatic rings. The molecule has 1 heterocycles. The van der Waals surface area contributed by atoms with Crippen LogP contribution < -0.4 is 4.74 Å². The molecule has 2 rings (SSSR count). The van der Waals surface area contributed by atoms with Gasteiger partial charge in [0.2, 0.25) is 5.78 Å². The number of hydrogen-bond donors (Lipinski definition) is 1. The molecule has 1 aromatic heterocycles. The van der Waals surface area contributed by atoms with Crippen molar-refractivity contribution in [2.45, 2.75) is 34.6 Å². The first-order valence-electron chi connectivity index (χ1n) is 9.00. The lowest BCUT2D eigenvalue weighted by Gasteiger charge is -2.11. The molecule has 0 unspecified atom stereocenters. The van der Waals surface area contributed by atoms with E-state index in [1.54, 1.807) is 26.8 Å². The molecule has 7 nitrogen and oxygen atoms in total. The van der Waals surface area contributed by atoms with Crippen LogP contribution in [0.2, 0.25) is 0 Å². The smallest absolute Gasteiger partial charge is 0.344 e. The third-order valence-electron chi connectivity index (χ3n) is 4.40. The molecule has 0 aliphatic rings. The summed E-state index contributed by atoms with van der Waals surface area (Å²) in [5.74, 6) is -1.15. The number of carbonyl (C=O) groups excluding carboxylic acids is 3. The van der Waals surface area contributed by atoms with Gasteiger partial charge in [0.1, 0.15) is 5.75 Å². The van der Waals surface area contributed by atoms with E-state index in [1.165, 1.54) is 0 Å². The quantitative estimate of drug-likeness (QED) is 0.552. The SMILES string of the molecule is CCOC(=O)c1c(C)[nH]c(C)c1C(=O)COC(=O)COc1cccc(C)c1C. The number of carbonyl (C=O) groups is 3. The lowest BCUT2D eigenvalue weighted by atomic mass is 10.1. The number of aryl methyl sites for hydroxylation is 3. The van der Waals surface area contributed by atoms with Gasteiger partial charge < -0.3 is 19.2 Å². The Morgan fingerprint density at radius 3 is 2.29 bits per heavy atom. The van der Waals surface area contributed by atoms with Crippen molar-refractivity contribution >= 4 is 17.7 Å². The van der Waals surface area contributed by atoms with Crippen LogP contribution in [0.1, 0.15) is 50.2 Å². The summed E-state index contributed by atoms with van der Waals surface area (Å²) in [5.41, 5.74) is 3.39. The normalized spacial score (nSPS) is 10.5. The van der Waals surface area contributed by atoms with Crippen LogP contribution in [0.25, 0.3) is 0 Å². The number of benzene rings is 1. The predicted octanol–water partition coefficient (Wildman–Crippen LogP) is 3.23. The van der Waals surface area contributed by atoms with Crippen molar-refractivity contribution in [1.29, 1.82) is 0 Å². The van der Waals surface area contributed by atoms with E-state index in [1.807, 2.05) is 26.0 Å². The van der Waals surface area contributed by atoms with Crippen LogP contribution in [-0.4, -0.2) is 42.5 Å². The van der Waals surface area contributed by atoms with E-state index in [4.69, 9.17) is 14.2 Å². The van der Waals surface area contributed by atoms with Gasteiger partial charge in [0.25, 0.3) is 0 Å². The highest BCUT2D eigenvalue weighted by atomic mass is 16.6. The Morgan fingerprint density at radius 2 is 1.61 bits per heavy atom. The van der Waals surface area contributed by atoms with E-state index < -0.39 is 24.3 Å². The second kappa shape index (κ2) is 9.21. The molecule has 0 aliphatic heterocycles. The predicted molar refractivity (Wildman–Crippen MR) is 103 cm³/mol. The van der Waals surface area contributed by atoms with Crippen LogP contribution in [-0.2, 0) is 14.3 Å².